The van der Waals surface area contributed by atoms with E-state index in [1.165, 1.54) is 0 Å². The number of carbonyl (C=O) groups is 1. The van der Waals surface area contributed by atoms with Crippen molar-refractivity contribution >= 4 is 45.8 Å². The Labute approximate surface area is 161 Å². The topological polar surface area (TPSA) is 59.8 Å². The van der Waals surface area contributed by atoms with Crippen molar-refractivity contribution in [2.75, 3.05) is 5.32 Å². The van der Waals surface area contributed by atoms with Crippen LogP contribution < -0.4 is 5.32 Å². The number of carbonyl (C=O) groups excluding carboxylic acids is 1. The maximum atomic E-state index is 13.0. The predicted molar refractivity (Wildman–Crippen MR) is 104 cm³/mol. The van der Waals surface area contributed by atoms with Crippen molar-refractivity contribution in [1.82, 2.24) is 14.8 Å². The highest BCUT2D eigenvalue weighted by atomic mass is 35.5. The first-order valence-electron chi connectivity index (χ1n) is 8.58. The van der Waals surface area contributed by atoms with Crippen LogP contribution in [-0.4, -0.2) is 20.7 Å². The SMILES string of the molecule is CC(C)n1ncc2c(C(=O)Nc3cc(Cl)ccc3Cl)cc(C3CC3)nc21. The van der Waals surface area contributed by atoms with E-state index in [0.29, 0.717) is 27.2 Å². The van der Waals surface area contributed by atoms with Gasteiger partial charge >= 0.3 is 0 Å². The molecule has 1 aliphatic carbocycles. The third-order valence-electron chi connectivity index (χ3n) is 4.49. The molecule has 4 rings (SSSR count). The van der Waals surface area contributed by atoms with Crippen LogP contribution in [0.25, 0.3) is 11.0 Å². The molecule has 0 unspecified atom stereocenters. The molecule has 0 spiro atoms. The molecule has 2 aromatic heterocycles. The Kier molecular flexibility index (Phi) is 4.37. The number of hydrogen-bond acceptors (Lipinski definition) is 3. The second-order valence-electron chi connectivity index (χ2n) is 6.87. The van der Waals surface area contributed by atoms with Gasteiger partial charge in [-0.15, -0.1) is 0 Å². The largest absolute Gasteiger partial charge is 0.321 e. The molecule has 134 valence electrons. The van der Waals surface area contributed by atoms with Crippen LogP contribution in [0, 0.1) is 0 Å². The van der Waals surface area contributed by atoms with Gasteiger partial charge in [0.05, 0.1) is 27.9 Å². The number of halogens is 2. The quantitative estimate of drug-likeness (QED) is 0.646. The van der Waals surface area contributed by atoms with E-state index in [9.17, 15) is 4.79 Å². The second kappa shape index (κ2) is 6.56. The monoisotopic (exact) mass is 388 g/mol. The summed E-state index contributed by atoms with van der Waals surface area (Å²) in [6.07, 6.45) is 3.92. The van der Waals surface area contributed by atoms with Crippen LogP contribution in [0.15, 0.2) is 30.5 Å². The number of aromatic nitrogens is 3. The van der Waals surface area contributed by atoms with Gasteiger partial charge in [-0.1, -0.05) is 23.2 Å². The van der Waals surface area contributed by atoms with Gasteiger partial charge in [0.2, 0.25) is 0 Å². The maximum absolute atomic E-state index is 13.0. The lowest BCUT2D eigenvalue weighted by Gasteiger charge is -2.11. The van der Waals surface area contributed by atoms with Crippen molar-refractivity contribution < 1.29 is 4.79 Å². The molecule has 2 heterocycles. The molecule has 3 aromatic rings. The van der Waals surface area contributed by atoms with Crippen LogP contribution in [0.5, 0.6) is 0 Å². The van der Waals surface area contributed by atoms with E-state index in [1.807, 2.05) is 24.6 Å². The molecule has 0 saturated heterocycles. The number of nitrogens with zero attached hydrogens (tertiary/aromatic N) is 3. The number of amides is 1. The van der Waals surface area contributed by atoms with Crippen LogP contribution in [0.3, 0.4) is 0 Å². The van der Waals surface area contributed by atoms with Crippen LogP contribution in [-0.2, 0) is 0 Å². The Balaban J connectivity index is 1.79. The Bertz CT molecular complexity index is 1010. The summed E-state index contributed by atoms with van der Waals surface area (Å²) in [5, 5.41) is 8.97. The molecule has 0 aliphatic heterocycles. The molecule has 1 saturated carbocycles. The summed E-state index contributed by atoms with van der Waals surface area (Å²) >= 11 is 12.2. The maximum Gasteiger partial charge on any atom is 0.256 e. The zero-order valence-corrected chi connectivity index (χ0v) is 16.0. The van der Waals surface area contributed by atoms with Gasteiger partial charge in [0.25, 0.3) is 5.91 Å². The third-order valence-corrected chi connectivity index (χ3v) is 5.06. The normalized spacial score (nSPS) is 14.2. The van der Waals surface area contributed by atoms with Crippen molar-refractivity contribution in [2.24, 2.45) is 0 Å². The van der Waals surface area contributed by atoms with Crippen molar-refractivity contribution in [1.29, 1.82) is 0 Å². The minimum absolute atomic E-state index is 0.160. The van der Waals surface area contributed by atoms with Crippen molar-refractivity contribution in [2.45, 2.75) is 38.6 Å². The Hall–Kier alpha value is -2.11. The zero-order chi connectivity index (χ0) is 18.4. The molecule has 5 nitrogen and oxygen atoms in total. The zero-order valence-electron chi connectivity index (χ0n) is 14.5. The van der Waals surface area contributed by atoms with Crippen LogP contribution in [0.2, 0.25) is 10.0 Å². The number of fused-ring (bicyclic) bond motifs is 1. The average molecular weight is 389 g/mol. The molecule has 0 atom stereocenters. The number of anilines is 1. The highest BCUT2D eigenvalue weighted by molar-refractivity contribution is 6.36. The van der Waals surface area contributed by atoms with Crippen molar-refractivity contribution in [3.63, 3.8) is 0 Å². The van der Waals surface area contributed by atoms with Gasteiger partial charge in [0.15, 0.2) is 5.65 Å². The molecule has 0 bridgehead atoms. The molecular weight excluding hydrogens is 371 g/mol. The molecule has 0 radical (unpaired) electrons. The lowest BCUT2D eigenvalue weighted by molar-refractivity contribution is 0.102. The minimum atomic E-state index is -0.244. The summed E-state index contributed by atoms with van der Waals surface area (Å²) in [5.74, 6) is 0.183. The van der Waals surface area contributed by atoms with Gasteiger partial charge in [-0.3, -0.25) is 4.79 Å². The van der Waals surface area contributed by atoms with Crippen LogP contribution in [0.4, 0.5) is 5.69 Å². The van der Waals surface area contributed by atoms with E-state index in [2.05, 4.69) is 10.4 Å². The Morgan fingerprint density at radius 3 is 2.73 bits per heavy atom. The summed E-state index contributed by atoms with van der Waals surface area (Å²) in [5.41, 5.74) is 2.73. The summed E-state index contributed by atoms with van der Waals surface area (Å²) in [4.78, 5) is 17.8. The highest BCUT2D eigenvalue weighted by Gasteiger charge is 2.28. The summed E-state index contributed by atoms with van der Waals surface area (Å²) in [6, 6.07) is 7.02. The smallest absolute Gasteiger partial charge is 0.256 e. The number of benzene rings is 1. The second-order valence-corrected chi connectivity index (χ2v) is 7.71. The molecule has 26 heavy (non-hydrogen) atoms. The summed E-state index contributed by atoms with van der Waals surface area (Å²) in [7, 11) is 0. The predicted octanol–water partition coefficient (Wildman–Crippen LogP) is 5.45. The van der Waals surface area contributed by atoms with E-state index in [1.54, 1.807) is 24.4 Å². The standard InChI is InChI=1S/C19H18Cl2N4O/c1-10(2)25-18-14(9-22-25)13(8-16(23-18)11-3-4-11)19(26)24-17-7-12(20)5-6-15(17)21/h5-11H,3-4H2,1-2H3,(H,24,26). The molecule has 7 heteroatoms. The van der Waals surface area contributed by atoms with Crippen molar-refractivity contribution in [3.8, 4) is 0 Å². The highest BCUT2D eigenvalue weighted by Crippen LogP contribution is 2.40. The van der Waals surface area contributed by atoms with E-state index >= 15 is 0 Å². The number of pyridine rings is 1. The number of hydrogen-bond donors (Lipinski definition) is 1. The van der Waals surface area contributed by atoms with Crippen LogP contribution in [0.1, 0.15) is 54.7 Å². The van der Waals surface area contributed by atoms with Crippen LogP contribution >= 0.6 is 23.2 Å². The van der Waals surface area contributed by atoms with Gasteiger partial charge in [-0.2, -0.15) is 5.10 Å². The van der Waals surface area contributed by atoms with Gasteiger partial charge in [0.1, 0.15) is 0 Å². The molecule has 1 fully saturated rings. The fraction of sp³-hybridized carbons (Fsp3) is 0.316. The fourth-order valence-electron chi connectivity index (χ4n) is 2.97. The van der Waals surface area contributed by atoms with Gasteiger partial charge in [0, 0.05) is 22.7 Å². The first-order valence-corrected chi connectivity index (χ1v) is 9.34. The molecule has 1 aliphatic rings. The molecular formula is C19H18Cl2N4O. The minimum Gasteiger partial charge on any atom is -0.321 e. The average Bonchev–Trinajstić information content (AvgIpc) is 3.36. The summed E-state index contributed by atoms with van der Waals surface area (Å²) < 4.78 is 1.85. The lowest BCUT2D eigenvalue weighted by atomic mass is 10.1. The lowest BCUT2D eigenvalue weighted by Crippen LogP contribution is -2.14. The first kappa shape index (κ1) is 17.3. The fourth-order valence-corrected chi connectivity index (χ4v) is 3.31. The van der Waals surface area contributed by atoms with E-state index < -0.39 is 0 Å². The van der Waals surface area contributed by atoms with Gasteiger partial charge < -0.3 is 5.32 Å². The first-order chi connectivity index (χ1) is 12.4. The van der Waals surface area contributed by atoms with E-state index in [-0.39, 0.29) is 11.9 Å². The van der Waals surface area contributed by atoms with E-state index in [4.69, 9.17) is 28.2 Å². The Morgan fingerprint density at radius 1 is 1.27 bits per heavy atom. The van der Waals surface area contributed by atoms with Gasteiger partial charge in [-0.05, 0) is 51.0 Å². The molecule has 1 amide bonds. The molecule has 1 N–H and O–H groups in total. The Morgan fingerprint density at radius 2 is 2.04 bits per heavy atom. The van der Waals surface area contributed by atoms with Crippen molar-refractivity contribution in [3.05, 3.63) is 51.8 Å². The van der Waals surface area contributed by atoms with E-state index in [0.717, 1.165) is 29.6 Å². The third kappa shape index (κ3) is 3.17. The van der Waals surface area contributed by atoms with Gasteiger partial charge in [-0.25, -0.2) is 9.67 Å². The summed E-state index contributed by atoms with van der Waals surface area (Å²) in [6.45, 7) is 4.09. The number of rotatable bonds is 4. The molecule has 1 aromatic carbocycles. The number of nitrogens with one attached hydrogen (secondary N) is 1.